The van der Waals surface area contributed by atoms with Crippen molar-refractivity contribution in [2.75, 3.05) is 17.2 Å². The van der Waals surface area contributed by atoms with Gasteiger partial charge < -0.3 is 10.6 Å². The van der Waals surface area contributed by atoms with Crippen LogP contribution in [0, 0.1) is 17.2 Å². The first-order chi connectivity index (χ1) is 12.2. The highest BCUT2D eigenvalue weighted by Gasteiger charge is 2.45. The smallest absolute Gasteiger partial charge is 0.226 e. The molecule has 2 aliphatic heterocycles. The second-order valence-electron chi connectivity index (χ2n) is 7.46. The molecule has 0 unspecified atom stereocenters. The lowest BCUT2D eigenvalue weighted by Crippen LogP contribution is -2.35. The maximum atomic E-state index is 9.74. The van der Waals surface area contributed by atoms with Crippen LogP contribution in [0.1, 0.15) is 37.8 Å². The standard InChI is InChI=1S/C18H19N7/c19-10-18(2-1-3-18)15-6-14(12-7-21-16(20)22-8-12)23-17(24-15)25-9-11-4-13(25)5-11/h6-8,11,13H,1-5,9H2,(H2,20,21,22). The van der Waals surface area contributed by atoms with Crippen LogP contribution in [0.2, 0.25) is 0 Å². The van der Waals surface area contributed by atoms with Gasteiger partial charge in [-0.05, 0) is 44.1 Å². The van der Waals surface area contributed by atoms with Gasteiger partial charge in [-0.3, -0.25) is 0 Å². The molecule has 2 saturated carbocycles. The Morgan fingerprint density at radius 2 is 1.96 bits per heavy atom. The zero-order chi connectivity index (χ0) is 17.0. The van der Waals surface area contributed by atoms with Crippen LogP contribution >= 0.6 is 0 Å². The largest absolute Gasteiger partial charge is 0.368 e. The molecule has 0 amide bonds. The van der Waals surface area contributed by atoms with Crippen LogP contribution < -0.4 is 10.6 Å². The van der Waals surface area contributed by atoms with Crippen LogP contribution in [-0.2, 0) is 5.41 Å². The Labute approximate surface area is 145 Å². The quantitative estimate of drug-likeness (QED) is 0.916. The van der Waals surface area contributed by atoms with Gasteiger partial charge in [0.05, 0.1) is 22.9 Å². The highest BCUT2D eigenvalue weighted by molar-refractivity contribution is 5.61. The number of nitrogen functional groups attached to an aromatic ring is 1. The molecule has 6 rings (SSSR count). The summed E-state index contributed by atoms with van der Waals surface area (Å²) in [5, 5.41) is 9.74. The van der Waals surface area contributed by atoms with Gasteiger partial charge in [-0.1, -0.05) is 0 Å². The summed E-state index contributed by atoms with van der Waals surface area (Å²) in [6.45, 7) is 1.02. The lowest BCUT2D eigenvalue weighted by molar-refractivity contribution is 0.315. The summed E-state index contributed by atoms with van der Waals surface area (Å²) >= 11 is 0. The first kappa shape index (κ1) is 14.6. The molecule has 0 atom stereocenters. The van der Waals surface area contributed by atoms with Gasteiger partial charge in [0, 0.05) is 30.5 Å². The molecule has 2 saturated heterocycles. The number of nitrogens with two attached hydrogens (primary N) is 1. The molecule has 4 fully saturated rings. The molecule has 2 bridgehead atoms. The Hall–Kier alpha value is -2.75. The molecule has 0 spiro atoms. The molecular formula is C18H19N7. The molecule has 4 heterocycles. The van der Waals surface area contributed by atoms with Crippen molar-refractivity contribution < 1.29 is 0 Å². The normalized spacial score (nSPS) is 25.8. The van der Waals surface area contributed by atoms with Crippen molar-refractivity contribution in [3.8, 4) is 17.3 Å². The van der Waals surface area contributed by atoms with Crippen molar-refractivity contribution in [1.82, 2.24) is 19.9 Å². The SMILES string of the molecule is N#CC1(c2cc(-c3cnc(N)nc3)nc(N3CC4CC3C4)n2)CCC1. The molecule has 2 aromatic heterocycles. The first-order valence-electron chi connectivity index (χ1n) is 8.82. The summed E-state index contributed by atoms with van der Waals surface area (Å²) in [7, 11) is 0. The predicted molar refractivity (Wildman–Crippen MR) is 92.5 cm³/mol. The summed E-state index contributed by atoms with van der Waals surface area (Å²) in [6, 6.07) is 4.98. The minimum absolute atomic E-state index is 0.242. The second kappa shape index (κ2) is 5.12. The van der Waals surface area contributed by atoms with Gasteiger partial charge in [-0.15, -0.1) is 0 Å². The Bertz CT molecular complexity index is 860. The second-order valence-corrected chi connectivity index (χ2v) is 7.46. The van der Waals surface area contributed by atoms with E-state index in [9.17, 15) is 5.26 Å². The summed E-state index contributed by atoms with van der Waals surface area (Å²) in [5.41, 5.74) is 7.54. The fourth-order valence-electron chi connectivity index (χ4n) is 4.16. The van der Waals surface area contributed by atoms with Crippen LogP contribution in [0.25, 0.3) is 11.3 Å². The Kier molecular flexibility index (Phi) is 2.99. The van der Waals surface area contributed by atoms with Gasteiger partial charge in [0.25, 0.3) is 0 Å². The molecule has 0 radical (unpaired) electrons. The Morgan fingerprint density at radius 3 is 2.52 bits per heavy atom. The fourth-order valence-corrected chi connectivity index (χ4v) is 4.16. The maximum Gasteiger partial charge on any atom is 0.226 e. The van der Waals surface area contributed by atoms with E-state index in [4.69, 9.17) is 15.7 Å². The van der Waals surface area contributed by atoms with Gasteiger partial charge in [0.15, 0.2) is 0 Å². The van der Waals surface area contributed by atoms with Crippen molar-refractivity contribution in [1.29, 1.82) is 5.26 Å². The fraction of sp³-hybridized carbons (Fsp3) is 0.500. The molecule has 7 nitrogen and oxygen atoms in total. The Balaban J connectivity index is 1.62. The van der Waals surface area contributed by atoms with Crippen LogP contribution in [0.3, 0.4) is 0 Å². The van der Waals surface area contributed by atoms with Gasteiger partial charge >= 0.3 is 0 Å². The lowest BCUT2D eigenvalue weighted by Gasteiger charge is -2.35. The number of anilines is 2. The highest BCUT2D eigenvalue weighted by atomic mass is 15.3. The van der Waals surface area contributed by atoms with Crippen LogP contribution in [-0.4, -0.2) is 32.5 Å². The molecule has 7 heteroatoms. The van der Waals surface area contributed by atoms with E-state index in [-0.39, 0.29) is 5.95 Å². The monoisotopic (exact) mass is 333 g/mol. The van der Waals surface area contributed by atoms with Gasteiger partial charge in [-0.2, -0.15) is 5.26 Å². The first-order valence-corrected chi connectivity index (χ1v) is 8.82. The van der Waals surface area contributed by atoms with Crippen molar-refractivity contribution in [3.05, 3.63) is 24.2 Å². The van der Waals surface area contributed by atoms with E-state index < -0.39 is 5.41 Å². The zero-order valence-electron chi connectivity index (χ0n) is 13.9. The number of nitrogens with zero attached hydrogens (tertiary/aromatic N) is 6. The molecule has 4 aliphatic rings. The number of nitriles is 1. The molecule has 2 aromatic rings. The minimum atomic E-state index is -0.468. The predicted octanol–water partition coefficient (Wildman–Crippen LogP) is 2.06. The average molecular weight is 333 g/mol. The molecule has 126 valence electrons. The number of hydrogen-bond donors (Lipinski definition) is 1. The third kappa shape index (κ3) is 2.17. The van der Waals surface area contributed by atoms with E-state index in [2.05, 4.69) is 20.9 Å². The number of fused-ring (bicyclic) bond motifs is 1. The number of hydrogen-bond acceptors (Lipinski definition) is 7. The molecular weight excluding hydrogens is 314 g/mol. The molecule has 25 heavy (non-hydrogen) atoms. The van der Waals surface area contributed by atoms with E-state index in [1.54, 1.807) is 12.4 Å². The highest BCUT2D eigenvalue weighted by Crippen LogP contribution is 2.45. The number of aromatic nitrogens is 4. The number of rotatable bonds is 3. The third-order valence-corrected chi connectivity index (χ3v) is 5.96. The van der Waals surface area contributed by atoms with E-state index in [0.717, 1.165) is 54.6 Å². The maximum absolute atomic E-state index is 9.74. The molecule has 0 aromatic carbocycles. The zero-order valence-corrected chi connectivity index (χ0v) is 13.9. The molecule has 2 aliphatic carbocycles. The topological polar surface area (TPSA) is 105 Å². The third-order valence-electron chi connectivity index (χ3n) is 5.96. The van der Waals surface area contributed by atoms with Crippen LogP contribution in [0.15, 0.2) is 18.5 Å². The van der Waals surface area contributed by atoms with Crippen LogP contribution in [0.4, 0.5) is 11.9 Å². The summed E-state index contributed by atoms with van der Waals surface area (Å²) in [6.07, 6.45) is 8.63. The van der Waals surface area contributed by atoms with Crippen molar-refractivity contribution in [2.45, 2.75) is 43.6 Å². The van der Waals surface area contributed by atoms with Gasteiger partial charge in [-0.25, -0.2) is 19.9 Å². The van der Waals surface area contributed by atoms with Crippen LogP contribution in [0.5, 0.6) is 0 Å². The van der Waals surface area contributed by atoms with E-state index in [1.165, 1.54) is 12.8 Å². The summed E-state index contributed by atoms with van der Waals surface area (Å²) in [4.78, 5) is 20.1. The molecule has 2 N–H and O–H groups in total. The lowest BCUT2D eigenvalue weighted by atomic mass is 9.67. The van der Waals surface area contributed by atoms with E-state index in [1.807, 2.05) is 6.07 Å². The Morgan fingerprint density at radius 1 is 1.20 bits per heavy atom. The van der Waals surface area contributed by atoms with Gasteiger partial charge in [0.2, 0.25) is 11.9 Å². The van der Waals surface area contributed by atoms with Gasteiger partial charge in [0.1, 0.15) is 0 Å². The minimum Gasteiger partial charge on any atom is -0.368 e. The average Bonchev–Trinajstić information content (AvgIpc) is 3.15. The summed E-state index contributed by atoms with van der Waals surface area (Å²) < 4.78 is 0. The summed E-state index contributed by atoms with van der Waals surface area (Å²) in [5.74, 6) is 1.76. The van der Waals surface area contributed by atoms with Crippen molar-refractivity contribution in [3.63, 3.8) is 0 Å². The van der Waals surface area contributed by atoms with Crippen molar-refractivity contribution in [2.24, 2.45) is 5.92 Å². The van der Waals surface area contributed by atoms with E-state index >= 15 is 0 Å². The van der Waals surface area contributed by atoms with E-state index in [0.29, 0.717) is 6.04 Å². The van der Waals surface area contributed by atoms with Crippen molar-refractivity contribution >= 4 is 11.9 Å².